The van der Waals surface area contributed by atoms with Crippen molar-refractivity contribution < 1.29 is 4.39 Å². The molecule has 4 heteroatoms. The van der Waals surface area contributed by atoms with E-state index in [2.05, 4.69) is 55.7 Å². The van der Waals surface area contributed by atoms with Crippen molar-refractivity contribution in [2.75, 3.05) is 5.32 Å². The van der Waals surface area contributed by atoms with E-state index in [0.717, 1.165) is 5.56 Å². The molecule has 0 saturated carbocycles. The highest BCUT2D eigenvalue weighted by Crippen LogP contribution is 2.24. The summed E-state index contributed by atoms with van der Waals surface area (Å²) in [5.74, 6) is -0.321. The quantitative estimate of drug-likeness (QED) is 0.759. The zero-order valence-electron chi connectivity index (χ0n) is 14.0. The maximum Gasteiger partial charge on any atom is 0.171 e. The molecule has 0 aliphatic rings. The van der Waals surface area contributed by atoms with Crippen LogP contribution in [0.2, 0.25) is 0 Å². The zero-order valence-corrected chi connectivity index (χ0v) is 14.8. The molecule has 2 aromatic carbocycles. The Labute approximate surface area is 143 Å². The van der Waals surface area contributed by atoms with Crippen LogP contribution in [-0.2, 0) is 5.41 Å². The molecular weight excluding hydrogens is 307 g/mol. The maximum absolute atomic E-state index is 13.6. The van der Waals surface area contributed by atoms with Crippen LogP contribution in [0.3, 0.4) is 0 Å². The molecule has 122 valence electrons. The molecule has 1 unspecified atom stereocenters. The lowest BCUT2D eigenvalue weighted by Crippen LogP contribution is -2.31. The van der Waals surface area contributed by atoms with Gasteiger partial charge >= 0.3 is 0 Å². The molecule has 2 aromatic rings. The summed E-state index contributed by atoms with van der Waals surface area (Å²) < 4.78 is 13.6. The minimum atomic E-state index is -0.321. The number of halogens is 1. The number of benzene rings is 2. The first-order valence-corrected chi connectivity index (χ1v) is 8.10. The van der Waals surface area contributed by atoms with E-state index in [1.165, 1.54) is 11.6 Å². The van der Waals surface area contributed by atoms with Crippen molar-refractivity contribution in [3.63, 3.8) is 0 Å². The average molecular weight is 330 g/mol. The van der Waals surface area contributed by atoms with Crippen LogP contribution in [0.1, 0.15) is 44.9 Å². The number of para-hydroxylation sites is 1. The van der Waals surface area contributed by atoms with Gasteiger partial charge < -0.3 is 10.6 Å². The highest BCUT2D eigenvalue weighted by Gasteiger charge is 2.14. The van der Waals surface area contributed by atoms with Crippen molar-refractivity contribution >= 4 is 23.0 Å². The van der Waals surface area contributed by atoms with Gasteiger partial charge in [0.05, 0.1) is 11.7 Å². The van der Waals surface area contributed by atoms with Crippen LogP contribution in [-0.4, -0.2) is 5.11 Å². The van der Waals surface area contributed by atoms with Gasteiger partial charge in [0.2, 0.25) is 0 Å². The number of rotatable bonds is 3. The van der Waals surface area contributed by atoms with Crippen molar-refractivity contribution in [1.82, 2.24) is 5.32 Å². The Kier molecular flexibility index (Phi) is 5.37. The first-order chi connectivity index (χ1) is 10.8. The lowest BCUT2D eigenvalue weighted by Gasteiger charge is -2.21. The van der Waals surface area contributed by atoms with Crippen molar-refractivity contribution in [2.24, 2.45) is 0 Å². The monoisotopic (exact) mass is 330 g/mol. The van der Waals surface area contributed by atoms with Gasteiger partial charge in [0.25, 0.3) is 0 Å². The molecule has 0 radical (unpaired) electrons. The molecule has 0 aromatic heterocycles. The fraction of sp³-hybridized carbons (Fsp3) is 0.316. The van der Waals surface area contributed by atoms with Gasteiger partial charge in [-0.1, -0.05) is 57.2 Å². The lowest BCUT2D eigenvalue weighted by molar-refractivity contribution is 0.589. The van der Waals surface area contributed by atoms with Crippen LogP contribution in [0.25, 0.3) is 0 Å². The second-order valence-electron chi connectivity index (χ2n) is 6.67. The third-order valence-electron chi connectivity index (χ3n) is 3.75. The Morgan fingerprint density at radius 2 is 1.65 bits per heavy atom. The molecule has 2 N–H and O–H groups in total. The molecule has 0 aliphatic carbocycles. The Bertz CT molecular complexity index is 675. The fourth-order valence-electron chi connectivity index (χ4n) is 2.27. The molecular formula is C19H23FN2S. The number of hydrogen-bond acceptors (Lipinski definition) is 1. The van der Waals surface area contributed by atoms with Crippen molar-refractivity contribution in [3.05, 3.63) is 65.5 Å². The highest BCUT2D eigenvalue weighted by molar-refractivity contribution is 7.80. The minimum Gasteiger partial charge on any atom is -0.356 e. The van der Waals surface area contributed by atoms with E-state index >= 15 is 0 Å². The third kappa shape index (κ3) is 4.76. The lowest BCUT2D eigenvalue weighted by atomic mass is 9.86. The summed E-state index contributed by atoms with van der Waals surface area (Å²) in [6.07, 6.45) is 0. The Morgan fingerprint density at radius 1 is 1.04 bits per heavy atom. The largest absolute Gasteiger partial charge is 0.356 e. The molecule has 0 bridgehead atoms. The van der Waals surface area contributed by atoms with Gasteiger partial charge in [-0.2, -0.15) is 0 Å². The summed E-state index contributed by atoms with van der Waals surface area (Å²) in [5, 5.41) is 6.48. The van der Waals surface area contributed by atoms with Gasteiger partial charge in [-0.3, -0.25) is 0 Å². The van der Waals surface area contributed by atoms with Crippen LogP contribution >= 0.6 is 12.2 Å². The number of thiocarbonyl (C=S) groups is 1. The maximum atomic E-state index is 13.6. The van der Waals surface area contributed by atoms with Crippen molar-refractivity contribution in [1.29, 1.82) is 0 Å². The molecule has 2 nitrogen and oxygen atoms in total. The number of nitrogens with one attached hydrogen (secondary N) is 2. The van der Waals surface area contributed by atoms with Gasteiger partial charge in [-0.15, -0.1) is 0 Å². The van der Waals surface area contributed by atoms with E-state index in [0.29, 0.717) is 10.8 Å². The highest BCUT2D eigenvalue weighted by atomic mass is 32.1. The van der Waals surface area contributed by atoms with E-state index in [-0.39, 0.29) is 17.3 Å². The molecule has 0 saturated heterocycles. The molecule has 1 atom stereocenters. The average Bonchev–Trinajstić information content (AvgIpc) is 2.49. The summed E-state index contributed by atoms with van der Waals surface area (Å²) in [5.41, 5.74) is 2.94. The normalized spacial score (nSPS) is 12.6. The van der Waals surface area contributed by atoms with Gasteiger partial charge in [-0.05, 0) is 47.8 Å². The molecule has 0 spiro atoms. The smallest absolute Gasteiger partial charge is 0.171 e. The molecule has 23 heavy (non-hydrogen) atoms. The second-order valence-corrected chi connectivity index (χ2v) is 7.08. The second kappa shape index (κ2) is 7.09. The predicted octanol–water partition coefficient (Wildman–Crippen LogP) is 5.17. The summed E-state index contributed by atoms with van der Waals surface area (Å²) in [6, 6.07) is 15.0. The van der Waals surface area contributed by atoms with E-state index in [9.17, 15) is 4.39 Å². The standard InChI is InChI=1S/C19H23FN2S/c1-13(14-9-11-15(12-10-14)19(2,3)4)21-18(23)22-17-8-6-5-7-16(17)20/h5-13H,1-4H3,(H2,21,22,23). The van der Waals surface area contributed by atoms with Crippen LogP contribution < -0.4 is 10.6 Å². The van der Waals surface area contributed by atoms with Crippen LogP contribution in [0.4, 0.5) is 10.1 Å². The summed E-state index contributed by atoms with van der Waals surface area (Å²) in [4.78, 5) is 0. The topological polar surface area (TPSA) is 24.1 Å². The first kappa shape index (κ1) is 17.4. The Balaban J connectivity index is 2.00. The number of hydrogen-bond donors (Lipinski definition) is 2. The van der Waals surface area contributed by atoms with Gasteiger partial charge in [-0.25, -0.2) is 4.39 Å². The number of anilines is 1. The van der Waals surface area contributed by atoms with E-state index in [4.69, 9.17) is 12.2 Å². The molecule has 0 heterocycles. The summed E-state index contributed by atoms with van der Waals surface area (Å²) in [6.45, 7) is 8.60. The Hall–Kier alpha value is -1.94. The van der Waals surface area contributed by atoms with Gasteiger partial charge in [0.15, 0.2) is 5.11 Å². The van der Waals surface area contributed by atoms with E-state index in [1.807, 2.05) is 6.92 Å². The van der Waals surface area contributed by atoms with Crippen LogP contribution in [0.5, 0.6) is 0 Å². The van der Waals surface area contributed by atoms with Crippen LogP contribution in [0.15, 0.2) is 48.5 Å². The Morgan fingerprint density at radius 3 is 2.22 bits per heavy atom. The van der Waals surface area contributed by atoms with E-state index in [1.54, 1.807) is 18.2 Å². The molecule has 2 rings (SSSR count). The fourth-order valence-corrected chi connectivity index (χ4v) is 2.56. The predicted molar refractivity (Wildman–Crippen MR) is 99.3 cm³/mol. The van der Waals surface area contributed by atoms with Crippen molar-refractivity contribution in [2.45, 2.75) is 39.2 Å². The zero-order chi connectivity index (χ0) is 17.0. The van der Waals surface area contributed by atoms with Gasteiger partial charge in [0.1, 0.15) is 5.82 Å². The van der Waals surface area contributed by atoms with E-state index < -0.39 is 0 Å². The third-order valence-corrected chi connectivity index (χ3v) is 3.97. The molecule has 0 fully saturated rings. The van der Waals surface area contributed by atoms with Gasteiger partial charge in [0, 0.05) is 0 Å². The SMILES string of the molecule is CC(NC(=S)Nc1ccccc1F)c1ccc(C(C)(C)C)cc1. The first-order valence-electron chi connectivity index (χ1n) is 7.70. The minimum absolute atomic E-state index is 0.0378. The van der Waals surface area contributed by atoms with Crippen molar-refractivity contribution in [3.8, 4) is 0 Å². The molecule has 0 aliphatic heterocycles. The molecule has 0 amide bonds. The summed E-state index contributed by atoms with van der Waals surface area (Å²) in [7, 11) is 0. The summed E-state index contributed by atoms with van der Waals surface area (Å²) >= 11 is 5.27. The van der Waals surface area contributed by atoms with Crippen LogP contribution in [0, 0.1) is 5.82 Å².